The van der Waals surface area contributed by atoms with E-state index in [-0.39, 0.29) is 24.2 Å². The van der Waals surface area contributed by atoms with Gasteiger partial charge in [-0.05, 0) is 87.3 Å². The third kappa shape index (κ3) is 9.00. The summed E-state index contributed by atoms with van der Waals surface area (Å²) in [5.74, 6) is 1.40. The van der Waals surface area contributed by atoms with Gasteiger partial charge in [-0.2, -0.15) is 0 Å². The Morgan fingerprint density at radius 1 is 0.971 bits per heavy atom. The van der Waals surface area contributed by atoms with Crippen LogP contribution >= 0.6 is 0 Å². The van der Waals surface area contributed by atoms with Gasteiger partial charge in [0, 0.05) is 18.7 Å². The van der Waals surface area contributed by atoms with Crippen molar-refractivity contribution in [3.8, 4) is 5.75 Å². The highest BCUT2D eigenvalue weighted by molar-refractivity contribution is 5.94. The number of carbonyl (C=O) groups excluding carboxylic acids is 1. The van der Waals surface area contributed by atoms with Gasteiger partial charge in [-0.1, -0.05) is 57.9 Å². The van der Waals surface area contributed by atoms with Crippen LogP contribution in [0.1, 0.15) is 88.2 Å². The summed E-state index contributed by atoms with van der Waals surface area (Å²) in [4.78, 5) is 14.9. The number of carbonyl (C=O) groups is 1. The molecule has 2 aromatic carbocycles. The summed E-state index contributed by atoms with van der Waals surface area (Å²) < 4.78 is 12.0. The molecule has 2 rings (SSSR count). The van der Waals surface area contributed by atoms with E-state index in [0.29, 0.717) is 5.92 Å². The molecular weight excluding hydrogens is 434 g/mol. The molecule has 0 fully saturated rings. The fourth-order valence-corrected chi connectivity index (χ4v) is 4.73. The number of methoxy groups -OCH3 is 1. The molecule has 4 heteroatoms. The van der Waals surface area contributed by atoms with Crippen molar-refractivity contribution in [2.24, 2.45) is 5.92 Å². The Balaban J connectivity index is 1.99. The van der Waals surface area contributed by atoms with Crippen molar-refractivity contribution < 1.29 is 14.3 Å². The molecule has 0 spiro atoms. The molecule has 0 bridgehead atoms. The predicted octanol–water partition coefficient (Wildman–Crippen LogP) is 7.34. The Hall–Kier alpha value is -2.33. The molecule has 194 valence electrons. The van der Waals surface area contributed by atoms with Gasteiger partial charge in [0.1, 0.15) is 5.75 Å². The minimum Gasteiger partial charge on any atom is -0.497 e. The van der Waals surface area contributed by atoms with Crippen LogP contribution in [0.2, 0.25) is 0 Å². The van der Waals surface area contributed by atoms with E-state index >= 15 is 0 Å². The fraction of sp³-hybridized carbons (Fsp3) is 0.581. The number of ether oxygens (including phenoxy) is 2. The largest absolute Gasteiger partial charge is 0.497 e. The molecule has 0 saturated carbocycles. The quantitative estimate of drug-likeness (QED) is 0.267. The number of benzene rings is 2. The number of unbranched alkanes of at least 4 members (excludes halogenated alkanes) is 1. The van der Waals surface area contributed by atoms with Crippen LogP contribution in [0.5, 0.6) is 5.75 Å². The number of aryl methyl sites for hydroxylation is 1. The molecule has 0 aromatic heterocycles. The lowest BCUT2D eigenvalue weighted by molar-refractivity contribution is -0.0326. The van der Waals surface area contributed by atoms with Gasteiger partial charge in [-0.25, -0.2) is 0 Å². The van der Waals surface area contributed by atoms with Gasteiger partial charge in [-0.3, -0.25) is 4.79 Å². The van der Waals surface area contributed by atoms with E-state index in [1.807, 2.05) is 42.3 Å². The van der Waals surface area contributed by atoms with Gasteiger partial charge < -0.3 is 14.4 Å². The lowest BCUT2D eigenvalue weighted by Gasteiger charge is -2.32. The van der Waals surface area contributed by atoms with Crippen LogP contribution < -0.4 is 4.74 Å². The molecule has 4 atom stereocenters. The monoisotopic (exact) mass is 481 g/mol. The van der Waals surface area contributed by atoms with Crippen molar-refractivity contribution in [3.63, 3.8) is 0 Å². The third-order valence-corrected chi connectivity index (χ3v) is 7.12. The highest BCUT2D eigenvalue weighted by Gasteiger charge is 2.25. The number of amides is 1. The molecule has 0 N–H and O–H groups in total. The van der Waals surface area contributed by atoms with Crippen molar-refractivity contribution in [2.45, 2.75) is 97.8 Å². The molecule has 0 aliphatic carbocycles. The summed E-state index contributed by atoms with van der Waals surface area (Å²) in [6.07, 6.45) is 7.49. The average molecular weight is 482 g/mol. The smallest absolute Gasteiger partial charge is 0.253 e. The van der Waals surface area contributed by atoms with E-state index in [4.69, 9.17) is 9.47 Å². The van der Waals surface area contributed by atoms with Gasteiger partial charge in [-0.15, -0.1) is 0 Å². The minimum atomic E-state index is 0.0745. The maximum absolute atomic E-state index is 13.0. The van der Waals surface area contributed by atoms with Crippen molar-refractivity contribution in [2.75, 3.05) is 14.2 Å². The van der Waals surface area contributed by atoms with Crippen molar-refractivity contribution in [3.05, 3.63) is 65.2 Å². The van der Waals surface area contributed by atoms with Gasteiger partial charge in [0.2, 0.25) is 0 Å². The first-order valence-corrected chi connectivity index (χ1v) is 13.4. The summed E-state index contributed by atoms with van der Waals surface area (Å²) in [5.41, 5.74) is 3.53. The molecule has 0 aliphatic heterocycles. The maximum atomic E-state index is 13.0. The number of nitrogens with zero attached hydrogens (tertiary/aromatic N) is 1. The van der Waals surface area contributed by atoms with Gasteiger partial charge in [0.05, 0.1) is 19.3 Å². The third-order valence-electron chi connectivity index (χ3n) is 7.12. The second kappa shape index (κ2) is 14.9. The standard InChI is InChI=1S/C31H47NO3/c1-8-10-15-27-22-30(34-7)19-18-28(27)20-23(3)25(5)35-24(4)21-29(14-9-2)32(6)31(33)26-16-12-11-13-17-26/h11-13,16-19,22-25,29H,8-10,14-15,20-21H2,1-7H3. The van der Waals surface area contributed by atoms with E-state index in [2.05, 4.69) is 52.8 Å². The molecule has 0 aliphatic rings. The van der Waals surface area contributed by atoms with E-state index in [1.165, 1.54) is 24.0 Å². The zero-order valence-corrected chi connectivity index (χ0v) is 23.0. The zero-order valence-electron chi connectivity index (χ0n) is 23.0. The zero-order chi connectivity index (χ0) is 25.8. The maximum Gasteiger partial charge on any atom is 0.253 e. The fourth-order valence-electron chi connectivity index (χ4n) is 4.73. The van der Waals surface area contributed by atoms with Crippen molar-refractivity contribution in [1.29, 1.82) is 0 Å². The Morgan fingerprint density at radius 3 is 2.31 bits per heavy atom. The first-order valence-electron chi connectivity index (χ1n) is 13.4. The summed E-state index contributed by atoms with van der Waals surface area (Å²) >= 11 is 0. The first kappa shape index (κ1) is 28.9. The highest BCUT2D eigenvalue weighted by Crippen LogP contribution is 2.25. The van der Waals surface area contributed by atoms with Crippen LogP contribution in [-0.4, -0.2) is 43.2 Å². The van der Waals surface area contributed by atoms with E-state index < -0.39 is 0 Å². The topological polar surface area (TPSA) is 38.8 Å². The van der Waals surface area contributed by atoms with E-state index in [1.54, 1.807) is 7.11 Å². The van der Waals surface area contributed by atoms with Crippen LogP contribution in [0.25, 0.3) is 0 Å². The molecule has 4 unspecified atom stereocenters. The number of hydrogen-bond donors (Lipinski definition) is 0. The van der Waals surface area contributed by atoms with Crippen molar-refractivity contribution in [1.82, 2.24) is 4.90 Å². The second-order valence-corrected chi connectivity index (χ2v) is 10.0. The molecule has 1 amide bonds. The van der Waals surface area contributed by atoms with Crippen LogP contribution in [0, 0.1) is 5.92 Å². The molecule has 4 nitrogen and oxygen atoms in total. The average Bonchev–Trinajstić information content (AvgIpc) is 2.87. The van der Waals surface area contributed by atoms with Crippen molar-refractivity contribution >= 4 is 5.91 Å². The lowest BCUT2D eigenvalue weighted by atomic mass is 9.91. The van der Waals surface area contributed by atoms with E-state index in [9.17, 15) is 4.79 Å². The SMILES string of the molecule is CCCCc1cc(OC)ccc1CC(C)C(C)OC(C)CC(CCC)N(C)C(=O)c1ccccc1. The Kier molecular flexibility index (Phi) is 12.3. The molecule has 0 heterocycles. The molecule has 0 radical (unpaired) electrons. The molecule has 0 saturated heterocycles. The normalized spacial score (nSPS) is 14.7. The van der Waals surface area contributed by atoms with Crippen LogP contribution in [0.4, 0.5) is 0 Å². The van der Waals surface area contributed by atoms with Crippen LogP contribution in [-0.2, 0) is 17.6 Å². The lowest BCUT2D eigenvalue weighted by Crippen LogP contribution is -2.40. The Morgan fingerprint density at radius 2 is 1.69 bits per heavy atom. The molecule has 2 aromatic rings. The summed E-state index contributed by atoms with van der Waals surface area (Å²) in [6.45, 7) is 11.0. The van der Waals surface area contributed by atoms with Gasteiger partial charge in [0.15, 0.2) is 0 Å². The summed E-state index contributed by atoms with van der Waals surface area (Å²) in [6, 6.07) is 16.2. The number of hydrogen-bond acceptors (Lipinski definition) is 3. The second-order valence-electron chi connectivity index (χ2n) is 10.0. The van der Waals surface area contributed by atoms with Crippen LogP contribution in [0.15, 0.2) is 48.5 Å². The molecular formula is C31H47NO3. The highest BCUT2D eigenvalue weighted by atomic mass is 16.5. The van der Waals surface area contributed by atoms with E-state index in [0.717, 1.165) is 43.4 Å². The summed E-state index contributed by atoms with van der Waals surface area (Å²) in [5, 5.41) is 0. The van der Waals surface area contributed by atoms with Gasteiger partial charge >= 0.3 is 0 Å². The van der Waals surface area contributed by atoms with Gasteiger partial charge in [0.25, 0.3) is 5.91 Å². The predicted molar refractivity (Wildman–Crippen MR) is 146 cm³/mol. The van der Waals surface area contributed by atoms with Crippen LogP contribution in [0.3, 0.4) is 0 Å². The Bertz CT molecular complexity index is 882. The molecule has 35 heavy (non-hydrogen) atoms. The first-order chi connectivity index (χ1) is 16.8. The minimum absolute atomic E-state index is 0.0745. The number of rotatable bonds is 15. The summed E-state index contributed by atoms with van der Waals surface area (Å²) in [7, 11) is 3.66. The Labute approximate surface area is 214 Å².